The number of hydrogen-bond donors (Lipinski definition) is 1. The minimum absolute atomic E-state index is 0.185. The van der Waals surface area contributed by atoms with Crippen LogP contribution in [0.1, 0.15) is 12.0 Å². The van der Waals surface area contributed by atoms with Crippen molar-refractivity contribution in [2.75, 3.05) is 47.6 Å². The van der Waals surface area contributed by atoms with E-state index in [0.29, 0.717) is 49.2 Å². The number of rotatable bonds is 10. The van der Waals surface area contributed by atoms with Crippen LogP contribution in [0.5, 0.6) is 23.0 Å². The number of hydrogen-bond acceptors (Lipinski definition) is 7. The van der Waals surface area contributed by atoms with Crippen LogP contribution in [-0.2, 0) is 16.1 Å². The molecule has 1 heterocycles. The second kappa shape index (κ2) is 11.6. The summed E-state index contributed by atoms with van der Waals surface area (Å²) in [6, 6.07) is 8.85. The largest absolute Gasteiger partial charge is 0.493 e. The molecule has 3 rings (SSSR count). The lowest BCUT2D eigenvalue weighted by molar-refractivity contribution is -0.144. The van der Waals surface area contributed by atoms with Crippen LogP contribution in [0, 0.1) is 5.82 Å². The van der Waals surface area contributed by atoms with Gasteiger partial charge in [0.15, 0.2) is 18.1 Å². The summed E-state index contributed by atoms with van der Waals surface area (Å²) in [6.45, 7) is 1.58. The summed E-state index contributed by atoms with van der Waals surface area (Å²) in [6.07, 6.45) is -0.185. The average molecular weight is 477 g/mol. The highest BCUT2D eigenvalue weighted by atomic mass is 19.1. The lowest BCUT2D eigenvalue weighted by Gasteiger charge is -2.41. The number of methoxy groups -OCH3 is 3. The second-order valence-electron chi connectivity index (χ2n) is 7.85. The molecule has 1 aliphatic rings. The fourth-order valence-corrected chi connectivity index (χ4v) is 3.98. The molecule has 34 heavy (non-hydrogen) atoms. The third-order valence-corrected chi connectivity index (χ3v) is 5.62. The van der Waals surface area contributed by atoms with Gasteiger partial charge in [-0.15, -0.1) is 0 Å². The second-order valence-corrected chi connectivity index (χ2v) is 7.85. The molecule has 0 spiro atoms. The van der Waals surface area contributed by atoms with Gasteiger partial charge in [-0.2, -0.15) is 0 Å². The van der Waals surface area contributed by atoms with E-state index in [2.05, 4.69) is 4.90 Å². The molecule has 1 fully saturated rings. The Balaban J connectivity index is 1.66. The first-order valence-corrected chi connectivity index (χ1v) is 10.8. The van der Waals surface area contributed by atoms with Crippen molar-refractivity contribution in [1.82, 2.24) is 9.80 Å². The van der Waals surface area contributed by atoms with Gasteiger partial charge in [0.25, 0.3) is 5.91 Å². The van der Waals surface area contributed by atoms with Crippen molar-refractivity contribution in [2.24, 2.45) is 0 Å². The lowest BCUT2D eigenvalue weighted by atomic mass is 10.1. The van der Waals surface area contributed by atoms with E-state index < -0.39 is 12.0 Å². The first-order valence-electron chi connectivity index (χ1n) is 10.8. The standard InChI is InChI=1S/C24H29FN2O7/c1-31-20-11-19(12-21(32-2)24(20)33-3)34-15-22(28)27-9-8-26(14-18(27)10-23(29)30)13-16-4-6-17(25)7-5-16/h4-7,11-12,18H,8-10,13-15H2,1-3H3,(H,29,30). The number of benzene rings is 2. The van der Waals surface area contributed by atoms with Gasteiger partial charge in [0.1, 0.15) is 11.6 Å². The Morgan fingerprint density at radius 2 is 1.68 bits per heavy atom. The Labute approximate surface area is 197 Å². The molecule has 0 saturated carbocycles. The molecular weight excluding hydrogens is 447 g/mol. The summed E-state index contributed by atoms with van der Waals surface area (Å²) in [4.78, 5) is 28.0. The third kappa shape index (κ3) is 6.28. The molecule has 1 unspecified atom stereocenters. The highest BCUT2D eigenvalue weighted by Gasteiger charge is 2.32. The van der Waals surface area contributed by atoms with Gasteiger partial charge in [-0.05, 0) is 17.7 Å². The number of piperazine rings is 1. The molecule has 184 valence electrons. The zero-order valence-electron chi connectivity index (χ0n) is 19.5. The van der Waals surface area contributed by atoms with Crippen molar-refractivity contribution in [2.45, 2.75) is 19.0 Å². The summed E-state index contributed by atoms with van der Waals surface area (Å²) in [5.41, 5.74) is 0.918. The van der Waals surface area contributed by atoms with Crippen LogP contribution in [0.2, 0.25) is 0 Å². The van der Waals surface area contributed by atoms with Crippen molar-refractivity contribution in [3.05, 3.63) is 47.8 Å². The van der Waals surface area contributed by atoms with E-state index in [1.807, 2.05) is 0 Å². The number of carboxylic acids is 1. The van der Waals surface area contributed by atoms with Crippen molar-refractivity contribution < 1.29 is 38.0 Å². The lowest BCUT2D eigenvalue weighted by Crippen LogP contribution is -2.56. The van der Waals surface area contributed by atoms with Gasteiger partial charge < -0.3 is 29.0 Å². The third-order valence-electron chi connectivity index (χ3n) is 5.62. The van der Waals surface area contributed by atoms with E-state index in [4.69, 9.17) is 18.9 Å². The molecule has 2 aromatic carbocycles. The van der Waals surface area contributed by atoms with E-state index in [1.54, 1.807) is 29.2 Å². The molecule has 2 aromatic rings. The van der Waals surface area contributed by atoms with E-state index in [0.717, 1.165) is 5.56 Å². The Morgan fingerprint density at radius 3 is 2.24 bits per heavy atom. The fourth-order valence-electron chi connectivity index (χ4n) is 3.98. The maximum Gasteiger partial charge on any atom is 0.305 e. The smallest absolute Gasteiger partial charge is 0.305 e. The summed E-state index contributed by atoms with van der Waals surface area (Å²) in [5.74, 6) is -0.0755. The summed E-state index contributed by atoms with van der Waals surface area (Å²) in [5, 5.41) is 9.38. The number of ether oxygens (including phenoxy) is 4. The summed E-state index contributed by atoms with van der Waals surface area (Å²) in [7, 11) is 4.45. The van der Waals surface area contributed by atoms with Gasteiger partial charge in [0.05, 0.1) is 33.8 Å². The molecule has 1 saturated heterocycles. The van der Waals surface area contributed by atoms with Crippen LogP contribution in [0.3, 0.4) is 0 Å². The molecule has 1 aliphatic heterocycles. The van der Waals surface area contributed by atoms with Crippen molar-refractivity contribution >= 4 is 11.9 Å². The van der Waals surface area contributed by atoms with Gasteiger partial charge in [0.2, 0.25) is 5.75 Å². The number of halogens is 1. The number of nitrogens with zero attached hydrogens (tertiary/aromatic N) is 2. The first kappa shape index (κ1) is 25.1. The quantitative estimate of drug-likeness (QED) is 0.559. The number of amides is 1. The zero-order valence-corrected chi connectivity index (χ0v) is 19.5. The highest BCUT2D eigenvalue weighted by Crippen LogP contribution is 2.40. The Bertz CT molecular complexity index is 974. The zero-order chi connectivity index (χ0) is 24.7. The highest BCUT2D eigenvalue weighted by molar-refractivity contribution is 5.79. The molecule has 1 amide bonds. The monoisotopic (exact) mass is 476 g/mol. The number of carbonyl (C=O) groups is 2. The van der Waals surface area contributed by atoms with E-state index in [9.17, 15) is 19.1 Å². The maximum absolute atomic E-state index is 13.2. The van der Waals surface area contributed by atoms with E-state index >= 15 is 0 Å². The van der Waals surface area contributed by atoms with Gasteiger partial charge >= 0.3 is 5.97 Å². The summed E-state index contributed by atoms with van der Waals surface area (Å²) < 4.78 is 34.7. The SMILES string of the molecule is COc1cc(OCC(=O)N2CCN(Cc3ccc(F)cc3)CC2CC(=O)O)cc(OC)c1OC. The number of carboxylic acid groups (broad SMARTS) is 1. The Kier molecular flexibility index (Phi) is 8.53. The molecule has 0 bridgehead atoms. The predicted octanol–water partition coefficient (Wildman–Crippen LogP) is 2.42. The number of aliphatic carboxylic acids is 1. The van der Waals surface area contributed by atoms with Gasteiger partial charge in [-0.1, -0.05) is 12.1 Å². The summed E-state index contributed by atoms with van der Waals surface area (Å²) >= 11 is 0. The van der Waals surface area contributed by atoms with Crippen LogP contribution in [0.25, 0.3) is 0 Å². The molecule has 1 atom stereocenters. The van der Waals surface area contributed by atoms with Crippen LogP contribution in [0.15, 0.2) is 36.4 Å². The molecular formula is C24H29FN2O7. The molecule has 1 N–H and O–H groups in total. The minimum atomic E-state index is -0.989. The predicted molar refractivity (Wildman–Crippen MR) is 121 cm³/mol. The van der Waals surface area contributed by atoms with E-state index in [1.165, 1.54) is 33.5 Å². The van der Waals surface area contributed by atoms with Crippen LogP contribution < -0.4 is 18.9 Å². The normalized spacial score (nSPS) is 16.1. The van der Waals surface area contributed by atoms with Crippen molar-refractivity contribution in [3.63, 3.8) is 0 Å². The van der Waals surface area contributed by atoms with Gasteiger partial charge in [0, 0.05) is 38.3 Å². The van der Waals surface area contributed by atoms with Crippen LogP contribution in [-0.4, -0.2) is 80.4 Å². The molecule has 9 nitrogen and oxygen atoms in total. The van der Waals surface area contributed by atoms with Crippen molar-refractivity contribution in [3.8, 4) is 23.0 Å². The first-order chi connectivity index (χ1) is 16.3. The van der Waals surface area contributed by atoms with Crippen molar-refractivity contribution in [1.29, 1.82) is 0 Å². The van der Waals surface area contributed by atoms with Crippen LogP contribution >= 0.6 is 0 Å². The average Bonchev–Trinajstić information content (AvgIpc) is 2.83. The van der Waals surface area contributed by atoms with Gasteiger partial charge in [-0.3, -0.25) is 14.5 Å². The van der Waals surface area contributed by atoms with E-state index in [-0.39, 0.29) is 24.8 Å². The maximum atomic E-state index is 13.2. The van der Waals surface area contributed by atoms with Crippen LogP contribution in [0.4, 0.5) is 4.39 Å². The molecule has 0 aliphatic carbocycles. The molecule has 0 radical (unpaired) electrons. The van der Waals surface area contributed by atoms with Gasteiger partial charge in [-0.25, -0.2) is 4.39 Å². The Morgan fingerprint density at radius 1 is 1.03 bits per heavy atom. The fraction of sp³-hybridized carbons (Fsp3) is 0.417. The topological polar surface area (TPSA) is 97.8 Å². The number of carbonyl (C=O) groups excluding carboxylic acids is 1. The molecule has 0 aromatic heterocycles. The Hall–Kier alpha value is -3.53. The molecule has 10 heteroatoms. The minimum Gasteiger partial charge on any atom is -0.493 e.